The number of nitrogens with one attached hydrogen (secondary N) is 1. The average molecular weight is 456 g/mol. The number of nitrogens with zero attached hydrogens (tertiary/aromatic N) is 4. The van der Waals surface area contributed by atoms with Gasteiger partial charge in [0.1, 0.15) is 0 Å². The van der Waals surface area contributed by atoms with Crippen LogP contribution in [0.25, 0.3) is 11.2 Å². The normalized spacial score (nSPS) is 11.3. The third-order valence-corrected chi connectivity index (χ3v) is 5.79. The fourth-order valence-electron chi connectivity index (χ4n) is 3.46. The maximum atomic E-state index is 13.0. The quantitative estimate of drug-likeness (QED) is 0.299. The topological polar surface area (TPSA) is 99.0 Å². The molecule has 1 aromatic carbocycles. The second-order valence-corrected chi connectivity index (χ2v) is 8.91. The summed E-state index contributed by atoms with van der Waals surface area (Å²) in [5.41, 5.74) is 4.24. The van der Waals surface area contributed by atoms with E-state index in [1.54, 1.807) is 4.57 Å². The highest BCUT2D eigenvalue weighted by Crippen LogP contribution is 2.23. The number of hydrogen-bond donors (Lipinski definition) is 1. The number of amides is 1. The van der Waals surface area contributed by atoms with Gasteiger partial charge >= 0.3 is 0 Å². The van der Waals surface area contributed by atoms with Gasteiger partial charge in [0.05, 0.1) is 11.9 Å². The lowest BCUT2D eigenvalue weighted by molar-refractivity contribution is -0.113. The summed E-state index contributed by atoms with van der Waals surface area (Å²) in [4.78, 5) is 38.5. The summed E-state index contributed by atoms with van der Waals surface area (Å²) in [6.45, 7) is 10.9. The van der Waals surface area contributed by atoms with Gasteiger partial charge in [-0.05, 0) is 52.2 Å². The highest BCUT2D eigenvalue weighted by atomic mass is 32.2. The Labute approximate surface area is 191 Å². The number of fused-ring (bicyclic) bond motifs is 1. The first-order chi connectivity index (χ1) is 15.3. The van der Waals surface area contributed by atoms with Crippen molar-refractivity contribution in [2.24, 2.45) is 0 Å². The molecule has 9 heteroatoms. The van der Waals surface area contributed by atoms with E-state index in [1.165, 1.54) is 24.2 Å². The number of thioether (sulfide) groups is 1. The van der Waals surface area contributed by atoms with Crippen LogP contribution in [0.5, 0.6) is 0 Å². The summed E-state index contributed by atoms with van der Waals surface area (Å²) in [5.74, 6) is -0.0405. The molecule has 0 unspecified atom stereocenters. The third-order valence-electron chi connectivity index (χ3n) is 4.81. The number of aromatic nitrogens is 4. The molecule has 0 radical (unpaired) electrons. The molecule has 2 heterocycles. The van der Waals surface area contributed by atoms with Gasteiger partial charge in [-0.25, -0.2) is 15.0 Å². The molecule has 1 amide bonds. The standard InChI is InChI=1S/C23H29N5O3S/c1-14(2)31-10-6-9-28-22(30)20-21(25-8-7-24-20)27-23(28)32-13-18(29)26-19-16(4)11-15(3)12-17(19)5/h7-8,11-12,14H,6,9-10,13H2,1-5H3,(H,26,29). The number of aryl methyl sites for hydroxylation is 3. The molecule has 0 bridgehead atoms. The number of rotatable bonds is 9. The van der Waals surface area contributed by atoms with Crippen LogP contribution in [0.4, 0.5) is 5.69 Å². The molecule has 0 aliphatic carbocycles. The van der Waals surface area contributed by atoms with Crippen molar-refractivity contribution in [3.63, 3.8) is 0 Å². The SMILES string of the molecule is Cc1cc(C)c(NC(=O)CSc2nc3nccnc3c(=O)n2CCCOC(C)C)c(C)c1. The molecule has 0 aliphatic rings. The molecular weight excluding hydrogens is 426 g/mol. The van der Waals surface area contributed by atoms with Crippen molar-refractivity contribution in [3.05, 3.63) is 51.6 Å². The molecule has 0 aliphatic heterocycles. The smallest absolute Gasteiger partial charge is 0.282 e. The van der Waals surface area contributed by atoms with Crippen molar-refractivity contribution in [2.45, 2.75) is 58.8 Å². The molecule has 2 aromatic heterocycles. The summed E-state index contributed by atoms with van der Waals surface area (Å²) in [6, 6.07) is 4.08. The second-order valence-electron chi connectivity index (χ2n) is 7.96. The fourth-order valence-corrected chi connectivity index (χ4v) is 4.27. The minimum Gasteiger partial charge on any atom is -0.379 e. The fraction of sp³-hybridized carbons (Fsp3) is 0.435. The summed E-state index contributed by atoms with van der Waals surface area (Å²) >= 11 is 1.21. The zero-order valence-corrected chi connectivity index (χ0v) is 20.0. The Morgan fingerprint density at radius 3 is 2.53 bits per heavy atom. The van der Waals surface area contributed by atoms with Gasteiger partial charge in [-0.1, -0.05) is 29.5 Å². The summed E-state index contributed by atoms with van der Waals surface area (Å²) in [7, 11) is 0. The van der Waals surface area contributed by atoms with Crippen molar-refractivity contribution >= 4 is 34.5 Å². The molecule has 0 saturated heterocycles. The Morgan fingerprint density at radius 1 is 1.16 bits per heavy atom. The molecule has 0 saturated carbocycles. The van der Waals surface area contributed by atoms with Gasteiger partial charge in [0.2, 0.25) is 5.91 Å². The van der Waals surface area contributed by atoms with E-state index in [-0.39, 0.29) is 34.5 Å². The average Bonchev–Trinajstić information content (AvgIpc) is 2.73. The maximum absolute atomic E-state index is 13.0. The van der Waals surface area contributed by atoms with Crippen LogP contribution in [0.15, 0.2) is 34.5 Å². The lowest BCUT2D eigenvalue weighted by Crippen LogP contribution is -2.26. The van der Waals surface area contributed by atoms with Gasteiger partial charge in [-0.2, -0.15) is 0 Å². The number of hydrogen-bond acceptors (Lipinski definition) is 7. The van der Waals surface area contributed by atoms with Crippen LogP contribution < -0.4 is 10.9 Å². The molecule has 32 heavy (non-hydrogen) atoms. The molecule has 0 spiro atoms. The number of carbonyl (C=O) groups excluding carboxylic acids is 1. The van der Waals surface area contributed by atoms with Gasteiger partial charge in [0.25, 0.3) is 5.56 Å². The number of anilines is 1. The highest BCUT2D eigenvalue weighted by Gasteiger charge is 2.16. The van der Waals surface area contributed by atoms with E-state index in [0.717, 1.165) is 22.4 Å². The van der Waals surface area contributed by atoms with Crippen LogP contribution >= 0.6 is 11.8 Å². The second kappa shape index (κ2) is 10.7. The molecular formula is C23H29N5O3S. The van der Waals surface area contributed by atoms with Crippen molar-refractivity contribution in [1.82, 2.24) is 19.5 Å². The van der Waals surface area contributed by atoms with Crippen LogP contribution in [-0.2, 0) is 16.1 Å². The Bertz CT molecular complexity index is 1150. The number of ether oxygens (including phenoxy) is 1. The lowest BCUT2D eigenvalue weighted by Gasteiger charge is -2.14. The van der Waals surface area contributed by atoms with Gasteiger partial charge < -0.3 is 10.1 Å². The molecule has 1 N–H and O–H groups in total. The van der Waals surface area contributed by atoms with E-state index in [4.69, 9.17) is 4.74 Å². The van der Waals surface area contributed by atoms with Gasteiger partial charge in [-0.15, -0.1) is 0 Å². The predicted octanol–water partition coefficient (Wildman–Crippen LogP) is 3.66. The zero-order chi connectivity index (χ0) is 23.3. The highest BCUT2D eigenvalue weighted by molar-refractivity contribution is 7.99. The van der Waals surface area contributed by atoms with Crippen LogP contribution in [0.3, 0.4) is 0 Å². The number of carbonyl (C=O) groups is 1. The number of benzene rings is 1. The minimum absolute atomic E-state index is 0.119. The predicted molar refractivity (Wildman–Crippen MR) is 127 cm³/mol. The van der Waals surface area contributed by atoms with Crippen molar-refractivity contribution in [2.75, 3.05) is 17.7 Å². The Hall–Kier alpha value is -2.78. The Balaban J connectivity index is 1.78. The Kier molecular flexibility index (Phi) is 7.98. The molecule has 170 valence electrons. The molecule has 0 fully saturated rings. The first kappa shape index (κ1) is 23.9. The van der Waals surface area contributed by atoms with E-state index >= 15 is 0 Å². The van der Waals surface area contributed by atoms with E-state index in [1.807, 2.05) is 46.8 Å². The molecule has 3 rings (SSSR count). The van der Waals surface area contributed by atoms with Crippen molar-refractivity contribution in [3.8, 4) is 0 Å². The summed E-state index contributed by atoms with van der Waals surface area (Å²) in [6.07, 6.45) is 3.75. The van der Waals surface area contributed by atoms with E-state index < -0.39 is 0 Å². The van der Waals surface area contributed by atoms with Gasteiger partial charge in [0.15, 0.2) is 16.3 Å². The lowest BCUT2D eigenvalue weighted by atomic mass is 10.1. The zero-order valence-electron chi connectivity index (χ0n) is 19.1. The molecule has 0 atom stereocenters. The maximum Gasteiger partial charge on any atom is 0.282 e. The molecule has 8 nitrogen and oxygen atoms in total. The monoisotopic (exact) mass is 455 g/mol. The molecule has 3 aromatic rings. The van der Waals surface area contributed by atoms with Crippen molar-refractivity contribution < 1.29 is 9.53 Å². The largest absolute Gasteiger partial charge is 0.379 e. The minimum atomic E-state index is -0.263. The van der Waals surface area contributed by atoms with E-state index in [0.29, 0.717) is 24.7 Å². The van der Waals surface area contributed by atoms with Gasteiger partial charge in [0, 0.05) is 31.2 Å². The first-order valence-corrected chi connectivity index (χ1v) is 11.6. The van der Waals surface area contributed by atoms with E-state index in [2.05, 4.69) is 20.3 Å². The van der Waals surface area contributed by atoms with Crippen LogP contribution in [0, 0.1) is 20.8 Å². The first-order valence-electron chi connectivity index (χ1n) is 10.6. The van der Waals surface area contributed by atoms with Crippen molar-refractivity contribution in [1.29, 1.82) is 0 Å². The van der Waals surface area contributed by atoms with Crippen LogP contribution in [0.2, 0.25) is 0 Å². The van der Waals surface area contributed by atoms with E-state index in [9.17, 15) is 9.59 Å². The third kappa shape index (κ3) is 5.92. The Morgan fingerprint density at radius 2 is 1.84 bits per heavy atom. The van der Waals surface area contributed by atoms with Gasteiger partial charge in [-0.3, -0.25) is 14.2 Å². The summed E-state index contributed by atoms with van der Waals surface area (Å²) in [5, 5.41) is 3.43. The summed E-state index contributed by atoms with van der Waals surface area (Å²) < 4.78 is 7.15. The van der Waals surface area contributed by atoms with Crippen LogP contribution in [-0.4, -0.2) is 43.9 Å². The van der Waals surface area contributed by atoms with Crippen LogP contribution in [0.1, 0.15) is 37.0 Å².